The molecule has 0 radical (unpaired) electrons. The van der Waals surface area contributed by atoms with Gasteiger partial charge in [0.1, 0.15) is 11.5 Å². The smallest absolute Gasteiger partial charge is 0.339 e. The Hall–Kier alpha value is -7.66. The first-order valence-corrected chi connectivity index (χ1v) is 17.7. The van der Waals surface area contributed by atoms with E-state index in [0.29, 0.717) is 33.8 Å². The average molecular weight is 760 g/mol. The molecule has 1 aliphatic rings. The SMILES string of the molecule is COc1ccc(C(=O)[C@H](OC(=O)c2ccc(N3C(=O)c4ccc(C(=O)O[C@@H](C(=O)c5ccc(OC)cc5)c5ccccc5)cc4C3=O)cc2)c2ccccc2)cc1. The van der Waals surface area contributed by atoms with E-state index >= 15 is 0 Å². The lowest BCUT2D eigenvalue weighted by atomic mass is 9.99. The molecule has 11 heteroatoms. The third-order valence-electron chi connectivity index (χ3n) is 9.36. The van der Waals surface area contributed by atoms with E-state index < -0.39 is 47.5 Å². The zero-order chi connectivity index (χ0) is 40.1. The largest absolute Gasteiger partial charge is 0.497 e. The Morgan fingerprint density at radius 2 is 0.860 bits per heavy atom. The number of carbonyl (C=O) groups is 6. The molecule has 6 aromatic rings. The number of hydrogen-bond acceptors (Lipinski definition) is 10. The van der Waals surface area contributed by atoms with Crippen LogP contribution in [0.3, 0.4) is 0 Å². The fourth-order valence-electron chi connectivity index (χ4n) is 6.31. The molecule has 57 heavy (non-hydrogen) atoms. The number of carbonyl (C=O) groups excluding carboxylic acids is 6. The van der Waals surface area contributed by atoms with Crippen molar-refractivity contribution in [2.45, 2.75) is 12.2 Å². The molecule has 0 saturated carbocycles. The molecule has 1 aliphatic heterocycles. The number of imide groups is 1. The van der Waals surface area contributed by atoms with Crippen molar-refractivity contribution in [2.75, 3.05) is 19.1 Å². The highest BCUT2D eigenvalue weighted by molar-refractivity contribution is 6.34. The summed E-state index contributed by atoms with van der Waals surface area (Å²) in [7, 11) is 3.02. The zero-order valence-corrected chi connectivity index (χ0v) is 30.6. The Bertz CT molecular complexity index is 2480. The summed E-state index contributed by atoms with van der Waals surface area (Å²) in [6, 6.07) is 39.5. The summed E-state index contributed by atoms with van der Waals surface area (Å²) in [4.78, 5) is 82.3. The average Bonchev–Trinajstić information content (AvgIpc) is 3.52. The monoisotopic (exact) mass is 759 g/mol. The van der Waals surface area contributed by atoms with Crippen molar-refractivity contribution < 1.29 is 47.7 Å². The third-order valence-corrected chi connectivity index (χ3v) is 9.36. The molecule has 11 nitrogen and oxygen atoms in total. The van der Waals surface area contributed by atoms with Gasteiger partial charge < -0.3 is 18.9 Å². The van der Waals surface area contributed by atoms with Gasteiger partial charge in [-0.15, -0.1) is 0 Å². The predicted molar refractivity (Wildman–Crippen MR) is 208 cm³/mol. The Balaban J connectivity index is 1.08. The highest BCUT2D eigenvalue weighted by atomic mass is 16.6. The first-order chi connectivity index (χ1) is 27.7. The summed E-state index contributed by atoms with van der Waals surface area (Å²) >= 11 is 0. The second-order valence-corrected chi connectivity index (χ2v) is 12.8. The van der Waals surface area contributed by atoms with Gasteiger partial charge in [-0.1, -0.05) is 60.7 Å². The van der Waals surface area contributed by atoms with Crippen LogP contribution in [0.25, 0.3) is 0 Å². The summed E-state index contributed by atoms with van der Waals surface area (Å²) in [6.45, 7) is 0. The van der Waals surface area contributed by atoms with Gasteiger partial charge in [-0.05, 0) is 91.0 Å². The molecular formula is C46H33NO10. The standard InChI is InChI=1S/C46H33NO10/c1-54-35-22-15-28(16-23-35)39(48)41(30-9-5-3-6-10-30)56-45(52)32-13-20-34(21-14-32)47-43(50)37-26-19-33(27-38(37)44(47)51)46(53)57-42(31-11-7-4-8-12-31)40(49)29-17-24-36(55-2)25-18-29/h3-27,41-42H,1-2H3/t41-,42-/m1/s1. The van der Waals surface area contributed by atoms with Crippen molar-refractivity contribution in [2.24, 2.45) is 0 Å². The molecule has 0 aliphatic carbocycles. The highest BCUT2D eigenvalue weighted by Crippen LogP contribution is 2.32. The van der Waals surface area contributed by atoms with Gasteiger partial charge in [0, 0.05) is 22.3 Å². The molecule has 0 N–H and O–H groups in total. The van der Waals surface area contributed by atoms with Gasteiger partial charge in [-0.2, -0.15) is 0 Å². The second kappa shape index (κ2) is 16.4. The number of fused-ring (bicyclic) bond motifs is 1. The molecule has 0 saturated heterocycles. The molecule has 0 bridgehead atoms. The van der Waals surface area contributed by atoms with Crippen LogP contribution in [0.2, 0.25) is 0 Å². The fourth-order valence-corrected chi connectivity index (χ4v) is 6.31. The van der Waals surface area contributed by atoms with Crippen molar-refractivity contribution in [1.29, 1.82) is 0 Å². The van der Waals surface area contributed by atoms with Crippen LogP contribution >= 0.6 is 0 Å². The molecule has 1 heterocycles. The number of hydrogen-bond donors (Lipinski definition) is 0. The van der Waals surface area contributed by atoms with E-state index in [4.69, 9.17) is 18.9 Å². The zero-order valence-electron chi connectivity index (χ0n) is 30.6. The van der Waals surface area contributed by atoms with E-state index in [1.54, 1.807) is 109 Å². The summed E-state index contributed by atoms with van der Waals surface area (Å²) in [5.74, 6) is -2.83. The number of amides is 2. The van der Waals surface area contributed by atoms with Crippen molar-refractivity contribution in [3.8, 4) is 11.5 Å². The Labute approximate surface area is 327 Å². The van der Waals surface area contributed by atoms with E-state index in [2.05, 4.69) is 0 Å². The lowest BCUT2D eigenvalue weighted by molar-refractivity contribution is 0.0278. The van der Waals surface area contributed by atoms with Crippen molar-refractivity contribution in [3.63, 3.8) is 0 Å². The van der Waals surface area contributed by atoms with Crippen LogP contribution in [0.15, 0.2) is 152 Å². The van der Waals surface area contributed by atoms with Crippen molar-refractivity contribution in [1.82, 2.24) is 0 Å². The first kappa shape index (κ1) is 37.6. The third kappa shape index (κ3) is 7.80. The van der Waals surface area contributed by atoms with Gasteiger partial charge >= 0.3 is 11.9 Å². The molecule has 2 atom stereocenters. The summed E-state index contributed by atoms with van der Waals surface area (Å²) in [6.07, 6.45) is -2.56. The maximum atomic E-state index is 13.7. The van der Waals surface area contributed by atoms with Gasteiger partial charge in [-0.25, -0.2) is 14.5 Å². The normalized spacial score (nSPS) is 12.9. The van der Waals surface area contributed by atoms with Crippen LogP contribution < -0.4 is 14.4 Å². The number of nitrogens with zero attached hydrogens (tertiary/aromatic N) is 1. The number of ketones is 2. The molecule has 0 unspecified atom stereocenters. The number of methoxy groups -OCH3 is 2. The molecule has 282 valence electrons. The summed E-state index contributed by atoms with van der Waals surface area (Å²) in [5, 5.41) is 0. The Morgan fingerprint density at radius 3 is 1.32 bits per heavy atom. The number of benzene rings is 6. The van der Waals surface area contributed by atoms with Gasteiger partial charge in [0.05, 0.1) is 42.2 Å². The Kier molecular flexibility index (Phi) is 10.8. The van der Waals surface area contributed by atoms with Crippen molar-refractivity contribution in [3.05, 3.63) is 196 Å². The fraction of sp³-hybridized carbons (Fsp3) is 0.0870. The van der Waals surface area contributed by atoms with Crippen LogP contribution in [-0.4, -0.2) is 49.5 Å². The molecule has 0 spiro atoms. The van der Waals surface area contributed by atoms with E-state index in [0.717, 1.165) is 4.90 Å². The lowest BCUT2D eigenvalue weighted by Crippen LogP contribution is -2.29. The molecule has 6 aromatic carbocycles. The Morgan fingerprint density at radius 1 is 0.456 bits per heavy atom. The maximum Gasteiger partial charge on any atom is 0.339 e. The van der Waals surface area contributed by atoms with Crippen LogP contribution in [0.4, 0.5) is 5.69 Å². The van der Waals surface area contributed by atoms with E-state index in [-0.39, 0.29) is 27.9 Å². The molecule has 2 amide bonds. The molecule has 7 rings (SSSR count). The molecule has 0 fully saturated rings. The number of rotatable bonds is 13. The quantitative estimate of drug-likeness (QED) is 0.0645. The van der Waals surface area contributed by atoms with Crippen LogP contribution in [0.5, 0.6) is 11.5 Å². The van der Waals surface area contributed by atoms with Gasteiger partial charge in [0.15, 0.2) is 12.2 Å². The molecule has 0 aromatic heterocycles. The van der Waals surface area contributed by atoms with Gasteiger partial charge in [-0.3, -0.25) is 19.2 Å². The maximum absolute atomic E-state index is 13.7. The lowest BCUT2D eigenvalue weighted by Gasteiger charge is -2.18. The minimum atomic E-state index is -1.30. The van der Waals surface area contributed by atoms with Gasteiger partial charge in [0.25, 0.3) is 11.8 Å². The topological polar surface area (TPSA) is 143 Å². The minimum Gasteiger partial charge on any atom is -0.497 e. The van der Waals surface area contributed by atoms with Gasteiger partial charge in [0.2, 0.25) is 11.6 Å². The summed E-state index contributed by atoms with van der Waals surface area (Å²) < 4.78 is 21.9. The first-order valence-electron chi connectivity index (χ1n) is 17.7. The number of Topliss-reactive ketones (excluding diaryl/α,β-unsaturated/α-hetero) is 2. The summed E-state index contributed by atoms with van der Waals surface area (Å²) in [5.41, 5.74) is 1.71. The van der Waals surface area contributed by atoms with E-state index in [1.165, 1.54) is 56.7 Å². The number of ether oxygens (including phenoxy) is 4. The van der Waals surface area contributed by atoms with E-state index in [1.807, 2.05) is 0 Å². The second-order valence-electron chi connectivity index (χ2n) is 12.8. The highest BCUT2D eigenvalue weighted by Gasteiger charge is 2.38. The predicted octanol–water partition coefficient (Wildman–Crippen LogP) is 8.07. The van der Waals surface area contributed by atoms with Crippen LogP contribution in [0.1, 0.15) is 85.5 Å². The molecular weight excluding hydrogens is 727 g/mol. The van der Waals surface area contributed by atoms with Crippen LogP contribution in [-0.2, 0) is 9.47 Å². The number of anilines is 1. The van der Waals surface area contributed by atoms with E-state index in [9.17, 15) is 28.8 Å². The van der Waals surface area contributed by atoms with Crippen LogP contribution in [0, 0.1) is 0 Å². The van der Waals surface area contributed by atoms with Crippen molar-refractivity contribution >= 4 is 41.0 Å². The number of esters is 2. The minimum absolute atomic E-state index is 0.0431.